The highest BCUT2D eigenvalue weighted by molar-refractivity contribution is 5.94. The molecule has 0 heterocycles. The van der Waals surface area contributed by atoms with E-state index in [1.165, 1.54) is 7.05 Å². The third-order valence-corrected chi connectivity index (χ3v) is 2.85. The van der Waals surface area contributed by atoms with E-state index in [1.54, 1.807) is 24.3 Å². The number of anilines is 1. The summed E-state index contributed by atoms with van der Waals surface area (Å²) < 4.78 is 4.91. The predicted molar refractivity (Wildman–Crippen MR) is 80.6 cm³/mol. The molecule has 6 N–H and O–H groups in total. The van der Waals surface area contributed by atoms with Crippen molar-refractivity contribution in [2.24, 2.45) is 11.5 Å². The molecule has 0 fully saturated rings. The van der Waals surface area contributed by atoms with Crippen molar-refractivity contribution in [1.29, 1.82) is 0 Å². The van der Waals surface area contributed by atoms with Gasteiger partial charge in [0.05, 0.1) is 6.04 Å². The molecule has 116 valence electrons. The molecule has 1 rings (SSSR count). The van der Waals surface area contributed by atoms with Gasteiger partial charge in [-0.3, -0.25) is 4.79 Å². The van der Waals surface area contributed by atoms with Gasteiger partial charge in [-0.25, -0.2) is 4.79 Å². The van der Waals surface area contributed by atoms with Crippen LogP contribution in [0.5, 0.6) is 0 Å². The maximum Gasteiger partial charge on any atom is 0.407 e. The summed E-state index contributed by atoms with van der Waals surface area (Å²) in [6.07, 6.45) is 0.781. The van der Waals surface area contributed by atoms with Crippen molar-refractivity contribution in [2.75, 3.05) is 18.9 Å². The maximum absolute atomic E-state index is 11.8. The third-order valence-electron chi connectivity index (χ3n) is 2.85. The number of nitrogens with two attached hydrogens (primary N) is 2. The van der Waals surface area contributed by atoms with E-state index in [0.717, 1.165) is 5.56 Å². The van der Waals surface area contributed by atoms with Crippen LogP contribution in [0, 0.1) is 0 Å². The number of rotatable bonds is 7. The highest BCUT2D eigenvalue weighted by Crippen LogP contribution is 2.11. The Morgan fingerprint density at radius 2 is 1.95 bits per heavy atom. The molecule has 0 aromatic heterocycles. The fraction of sp³-hybridized carbons (Fsp3) is 0.429. The Kier molecular flexibility index (Phi) is 7.20. The molecular formula is C14H22N4O3. The fourth-order valence-corrected chi connectivity index (χ4v) is 1.61. The summed E-state index contributed by atoms with van der Waals surface area (Å²) in [7, 11) is 1.49. The molecule has 21 heavy (non-hydrogen) atoms. The summed E-state index contributed by atoms with van der Waals surface area (Å²) in [5, 5.41) is 5.09. The molecule has 0 saturated heterocycles. The van der Waals surface area contributed by atoms with Gasteiger partial charge in [0.25, 0.3) is 0 Å². The molecular weight excluding hydrogens is 272 g/mol. The van der Waals surface area contributed by atoms with Gasteiger partial charge in [-0.1, -0.05) is 12.1 Å². The second-order valence-corrected chi connectivity index (χ2v) is 4.55. The Labute approximate surface area is 124 Å². The van der Waals surface area contributed by atoms with E-state index in [-0.39, 0.29) is 12.5 Å². The number of ether oxygens (including phenoxy) is 1. The SMILES string of the molecule is CNC(=O)OCc1ccc(NC(=O)[C@@H](N)CCCN)cc1. The lowest BCUT2D eigenvalue weighted by molar-refractivity contribution is -0.117. The zero-order valence-electron chi connectivity index (χ0n) is 12.1. The minimum absolute atomic E-state index is 0.171. The second-order valence-electron chi connectivity index (χ2n) is 4.55. The molecule has 0 radical (unpaired) electrons. The Bertz CT molecular complexity index is 462. The molecule has 1 aromatic rings. The lowest BCUT2D eigenvalue weighted by Crippen LogP contribution is -2.35. The van der Waals surface area contributed by atoms with Gasteiger partial charge in [0.15, 0.2) is 0 Å². The third kappa shape index (κ3) is 6.24. The van der Waals surface area contributed by atoms with E-state index in [1.807, 2.05) is 0 Å². The highest BCUT2D eigenvalue weighted by atomic mass is 16.5. The summed E-state index contributed by atoms with van der Waals surface area (Å²) >= 11 is 0. The van der Waals surface area contributed by atoms with Crippen molar-refractivity contribution in [3.8, 4) is 0 Å². The van der Waals surface area contributed by atoms with Crippen LogP contribution >= 0.6 is 0 Å². The van der Waals surface area contributed by atoms with Gasteiger partial charge in [0.2, 0.25) is 5.91 Å². The molecule has 0 aliphatic heterocycles. The van der Waals surface area contributed by atoms with Gasteiger partial charge in [-0.05, 0) is 37.1 Å². The van der Waals surface area contributed by atoms with Crippen LogP contribution in [0.1, 0.15) is 18.4 Å². The quantitative estimate of drug-likeness (QED) is 0.585. The van der Waals surface area contributed by atoms with Crippen LogP contribution in [0.25, 0.3) is 0 Å². The molecule has 0 aliphatic rings. The van der Waals surface area contributed by atoms with Crippen LogP contribution < -0.4 is 22.1 Å². The Balaban J connectivity index is 2.46. The minimum Gasteiger partial charge on any atom is -0.445 e. The summed E-state index contributed by atoms with van der Waals surface area (Å²) in [5.41, 5.74) is 12.6. The highest BCUT2D eigenvalue weighted by Gasteiger charge is 2.12. The first-order valence-corrected chi connectivity index (χ1v) is 6.76. The molecule has 0 bridgehead atoms. The minimum atomic E-state index is -0.565. The monoisotopic (exact) mass is 294 g/mol. The Morgan fingerprint density at radius 1 is 1.29 bits per heavy atom. The van der Waals surface area contributed by atoms with E-state index in [4.69, 9.17) is 16.2 Å². The molecule has 0 saturated carbocycles. The number of carbonyl (C=O) groups excluding carboxylic acids is 2. The van der Waals surface area contributed by atoms with E-state index in [9.17, 15) is 9.59 Å². The number of amides is 2. The lowest BCUT2D eigenvalue weighted by Gasteiger charge is -2.12. The standard InChI is InChI=1S/C14H22N4O3/c1-17-14(20)21-9-10-4-6-11(7-5-10)18-13(19)12(16)3-2-8-15/h4-7,12H,2-3,8-9,15-16H2,1H3,(H,17,20)(H,18,19)/t12-/m0/s1. The molecule has 0 aliphatic carbocycles. The largest absolute Gasteiger partial charge is 0.445 e. The molecule has 2 amide bonds. The Morgan fingerprint density at radius 3 is 2.52 bits per heavy atom. The van der Waals surface area contributed by atoms with E-state index in [2.05, 4.69) is 10.6 Å². The van der Waals surface area contributed by atoms with E-state index in [0.29, 0.717) is 25.1 Å². The number of benzene rings is 1. The fourth-order valence-electron chi connectivity index (χ4n) is 1.61. The molecule has 7 nitrogen and oxygen atoms in total. The van der Waals surface area contributed by atoms with Crippen molar-refractivity contribution < 1.29 is 14.3 Å². The number of alkyl carbamates (subject to hydrolysis) is 1. The van der Waals surface area contributed by atoms with Crippen molar-refractivity contribution in [2.45, 2.75) is 25.5 Å². The van der Waals surface area contributed by atoms with Crippen molar-refractivity contribution >= 4 is 17.7 Å². The van der Waals surface area contributed by atoms with Gasteiger partial charge in [-0.2, -0.15) is 0 Å². The summed E-state index contributed by atoms with van der Waals surface area (Å²) in [6.45, 7) is 0.685. The predicted octanol–water partition coefficient (Wildman–Crippen LogP) is 0.547. The normalized spacial score (nSPS) is 11.6. The number of carbonyl (C=O) groups is 2. The van der Waals surface area contributed by atoms with Gasteiger partial charge < -0.3 is 26.8 Å². The molecule has 1 aromatic carbocycles. The van der Waals surface area contributed by atoms with Crippen molar-refractivity contribution in [3.05, 3.63) is 29.8 Å². The summed E-state index contributed by atoms with van der Waals surface area (Å²) in [4.78, 5) is 22.7. The van der Waals surface area contributed by atoms with Crippen LogP contribution in [0.15, 0.2) is 24.3 Å². The maximum atomic E-state index is 11.8. The zero-order valence-corrected chi connectivity index (χ0v) is 12.1. The average Bonchev–Trinajstić information content (AvgIpc) is 2.51. The lowest BCUT2D eigenvalue weighted by atomic mass is 10.1. The van der Waals surface area contributed by atoms with Gasteiger partial charge >= 0.3 is 6.09 Å². The van der Waals surface area contributed by atoms with Crippen LogP contribution in [-0.2, 0) is 16.1 Å². The van der Waals surface area contributed by atoms with E-state index < -0.39 is 12.1 Å². The van der Waals surface area contributed by atoms with Crippen molar-refractivity contribution in [1.82, 2.24) is 5.32 Å². The number of nitrogens with one attached hydrogen (secondary N) is 2. The van der Waals surface area contributed by atoms with Crippen LogP contribution in [0.2, 0.25) is 0 Å². The smallest absolute Gasteiger partial charge is 0.407 e. The second kappa shape index (κ2) is 8.93. The molecule has 1 atom stereocenters. The average molecular weight is 294 g/mol. The summed E-state index contributed by atoms with van der Waals surface area (Å²) in [6, 6.07) is 6.44. The molecule has 0 unspecified atom stereocenters. The summed E-state index contributed by atoms with van der Waals surface area (Å²) in [5.74, 6) is -0.238. The van der Waals surface area contributed by atoms with Crippen LogP contribution in [0.4, 0.5) is 10.5 Å². The molecule has 7 heteroatoms. The van der Waals surface area contributed by atoms with Crippen molar-refractivity contribution in [3.63, 3.8) is 0 Å². The van der Waals surface area contributed by atoms with Crippen LogP contribution in [-0.4, -0.2) is 31.6 Å². The Hall–Kier alpha value is -2.12. The van der Waals surface area contributed by atoms with Crippen LogP contribution in [0.3, 0.4) is 0 Å². The first-order valence-electron chi connectivity index (χ1n) is 6.76. The number of hydrogen-bond donors (Lipinski definition) is 4. The zero-order chi connectivity index (χ0) is 15.7. The number of hydrogen-bond acceptors (Lipinski definition) is 5. The topological polar surface area (TPSA) is 119 Å². The van der Waals surface area contributed by atoms with E-state index >= 15 is 0 Å². The first kappa shape index (κ1) is 16.9. The van der Waals surface area contributed by atoms with Gasteiger partial charge in [-0.15, -0.1) is 0 Å². The first-order chi connectivity index (χ1) is 10.1. The molecule has 0 spiro atoms. The van der Waals surface area contributed by atoms with Gasteiger partial charge in [0.1, 0.15) is 6.61 Å². The van der Waals surface area contributed by atoms with Gasteiger partial charge in [0, 0.05) is 12.7 Å².